The molecule has 2 atom stereocenters. The second kappa shape index (κ2) is 10.1. The van der Waals surface area contributed by atoms with Gasteiger partial charge in [0, 0.05) is 56.5 Å². The highest BCUT2D eigenvalue weighted by Crippen LogP contribution is 2.36. The maximum absolute atomic E-state index is 13.5. The number of methoxy groups -OCH3 is 1. The van der Waals surface area contributed by atoms with Crippen LogP contribution in [-0.2, 0) is 16.0 Å². The van der Waals surface area contributed by atoms with Crippen LogP contribution in [0.3, 0.4) is 0 Å². The minimum atomic E-state index is -0.230. The minimum Gasteiger partial charge on any atom is -0.375 e. The molecule has 0 radical (unpaired) electrons. The Morgan fingerprint density at radius 3 is 2.56 bits per heavy atom. The third-order valence-electron chi connectivity index (χ3n) is 6.39. The minimum absolute atomic E-state index is 0.0585. The molecule has 0 saturated carbocycles. The normalized spacial score (nSPS) is 19.3. The fourth-order valence-corrected chi connectivity index (χ4v) is 4.73. The maximum Gasteiger partial charge on any atom is 0.231 e. The summed E-state index contributed by atoms with van der Waals surface area (Å²) in [6, 6.07) is 7.94. The van der Waals surface area contributed by atoms with E-state index >= 15 is 0 Å². The van der Waals surface area contributed by atoms with Crippen LogP contribution >= 0.6 is 11.6 Å². The molecule has 1 aromatic carbocycles. The summed E-state index contributed by atoms with van der Waals surface area (Å²) in [5, 5.41) is 4.11. The van der Waals surface area contributed by atoms with Crippen molar-refractivity contribution >= 4 is 23.3 Å². The van der Waals surface area contributed by atoms with E-state index in [1.807, 2.05) is 29.2 Å². The number of ether oxygens (including phenoxy) is 1. The molecule has 1 aromatic heterocycles. The Morgan fingerprint density at radius 1 is 1.19 bits per heavy atom. The number of amides is 1. The molecule has 4 rings (SSSR count). The Labute approximate surface area is 195 Å². The number of rotatable bonds is 7. The average Bonchev–Trinajstić information content (AvgIpc) is 3.23. The first-order chi connectivity index (χ1) is 15.5. The average molecular weight is 458 g/mol. The lowest BCUT2D eigenvalue weighted by atomic mass is 9.96. The molecule has 1 fully saturated rings. The fraction of sp³-hybridized carbons (Fsp3) is 0.542. The van der Waals surface area contributed by atoms with Crippen LogP contribution in [0.4, 0.5) is 5.82 Å². The third-order valence-corrected chi connectivity index (χ3v) is 6.65. The smallest absolute Gasteiger partial charge is 0.231 e. The summed E-state index contributed by atoms with van der Waals surface area (Å²) in [6.07, 6.45) is 3.57. The quantitative estimate of drug-likeness (QED) is 0.688. The first-order valence-corrected chi connectivity index (χ1v) is 11.7. The summed E-state index contributed by atoms with van der Waals surface area (Å²) in [4.78, 5) is 26.8. The van der Waals surface area contributed by atoms with Gasteiger partial charge in [-0.3, -0.25) is 4.79 Å². The van der Waals surface area contributed by atoms with E-state index in [4.69, 9.17) is 16.3 Å². The van der Waals surface area contributed by atoms with E-state index in [1.165, 1.54) is 5.56 Å². The molecule has 2 aromatic rings. The zero-order valence-electron chi connectivity index (χ0n) is 19.1. The van der Waals surface area contributed by atoms with Crippen molar-refractivity contribution in [1.29, 1.82) is 0 Å². The molecular weight excluding hydrogens is 426 g/mol. The maximum atomic E-state index is 13.5. The number of nitrogens with zero attached hydrogens (tertiary/aromatic N) is 4. The summed E-state index contributed by atoms with van der Waals surface area (Å²) in [5.41, 5.74) is 3.20. The molecule has 1 N–H and O–H groups in total. The van der Waals surface area contributed by atoms with E-state index in [2.05, 4.69) is 34.0 Å². The number of aromatic nitrogens is 2. The van der Waals surface area contributed by atoms with Crippen LogP contribution in [0.5, 0.6) is 0 Å². The van der Waals surface area contributed by atoms with Gasteiger partial charge in [-0.15, -0.1) is 0 Å². The Bertz CT molecular complexity index is 928. The number of anilines is 1. The number of fused-ring (bicyclic) bond motifs is 1. The van der Waals surface area contributed by atoms with Crippen LogP contribution in [0.1, 0.15) is 49.1 Å². The molecular formula is C24H32ClN5O2. The van der Waals surface area contributed by atoms with Crippen molar-refractivity contribution in [2.75, 3.05) is 44.7 Å². The number of halogens is 1. The largest absolute Gasteiger partial charge is 0.375 e. The van der Waals surface area contributed by atoms with Gasteiger partial charge >= 0.3 is 0 Å². The Hall–Kier alpha value is -2.22. The van der Waals surface area contributed by atoms with Crippen LogP contribution in [0.25, 0.3) is 0 Å². The van der Waals surface area contributed by atoms with Gasteiger partial charge in [0.25, 0.3) is 0 Å². The van der Waals surface area contributed by atoms with E-state index in [1.54, 1.807) is 13.4 Å². The summed E-state index contributed by atoms with van der Waals surface area (Å²) in [6.45, 7) is 7.67. The molecule has 2 unspecified atom stereocenters. The zero-order chi connectivity index (χ0) is 22.7. The van der Waals surface area contributed by atoms with E-state index in [0.717, 1.165) is 43.0 Å². The van der Waals surface area contributed by atoms with Crippen molar-refractivity contribution in [1.82, 2.24) is 20.2 Å². The molecule has 7 nitrogen and oxygen atoms in total. The molecule has 1 saturated heterocycles. The Morgan fingerprint density at radius 2 is 1.91 bits per heavy atom. The van der Waals surface area contributed by atoms with E-state index in [0.29, 0.717) is 30.7 Å². The standard InChI is InChI=1S/C24H32ClN5O2/c1-16(2)26-14-20(17-4-6-18(25)7-5-17)24(31)30-12-10-29(11-13-30)23-19-8-9-21(32-3)22(19)27-15-28-23/h4-7,15-16,20-21,26H,8-14H2,1-3H3. The number of benzene rings is 1. The van der Waals surface area contributed by atoms with Crippen LogP contribution < -0.4 is 10.2 Å². The number of carbonyl (C=O) groups excluding carboxylic acids is 1. The van der Waals surface area contributed by atoms with Crippen LogP contribution in [-0.4, -0.2) is 66.7 Å². The van der Waals surface area contributed by atoms with Gasteiger partial charge in [-0.25, -0.2) is 9.97 Å². The Kier molecular flexibility index (Phi) is 7.28. The second-order valence-corrected chi connectivity index (χ2v) is 9.24. The summed E-state index contributed by atoms with van der Waals surface area (Å²) in [5.74, 6) is 0.928. The molecule has 1 aliphatic heterocycles. The number of hydrogen-bond acceptors (Lipinski definition) is 6. The monoisotopic (exact) mass is 457 g/mol. The molecule has 2 aliphatic rings. The molecule has 32 heavy (non-hydrogen) atoms. The molecule has 1 amide bonds. The summed E-state index contributed by atoms with van der Waals surface area (Å²) >= 11 is 6.07. The van der Waals surface area contributed by atoms with Gasteiger partial charge in [-0.2, -0.15) is 0 Å². The van der Waals surface area contributed by atoms with Crippen molar-refractivity contribution in [3.63, 3.8) is 0 Å². The second-order valence-electron chi connectivity index (χ2n) is 8.80. The topological polar surface area (TPSA) is 70.6 Å². The van der Waals surface area contributed by atoms with E-state index in [-0.39, 0.29) is 17.9 Å². The number of hydrogen-bond donors (Lipinski definition) is 1. The third kappa shape index (κ3) is 4.90. The van der Waals surface area contributed by atoms with Crippen LogP contribution in [0.2, 0.25) is 5.02 Å². The number of carbonyl (C=O) groups is 1. The van der Waals surface area contributed by atoms with Crippen molar-refractivity contribution in [3.8, 4) is 0 Å². The van der Waals surface area contributed by atoms with E-state index in [9.17, 15) is 4.79 Å². The van der Waals surface area contributed by atoms with Crippen molar-refractivity contribution in [3.05, 3.63) is 52.4 Å². The van der Waals surface area contributed by atoms with Gasteiger partial charge in [-0.1, -0.05) is 37.6 Å². The summed E-state index contributed by atoms with van der Waals surface area (Å²) in [7, 11) is 1.73. The highest BCUT2D eigenvalue weighted by atomic mass is 35.5. The van der Waals surface area contributed by atoms with Crippen molar-refractivity contribution in [2.45, 2.75) is 44.8 Å². The van der Waals surface area contributed by atoms with Crippen LogP contribution in [0.15, 0.2) is 30.6 Å². The van der Waals surface area contributed by atoms with Gasteiger partial charge in [0.1, 0.15) is 12.1 Å². The number of nitrogens with one attached hydrogen (secondary N) is 1. The van der Waals surface area contributed by atoms with Gasteiger partial charge in [-0.05, 0) is 30.5 Å². The highest BCUT2D eigenvalue weighted by molar-refractivity contribution is 6.30. The van der Waals surface area contributed by atoms with Crippen LogP contribution in [0, 0.1) is 0 Å². The van der Waals surface area contributed by atoms with Crippen molar-refractivity contribution < 1.29 is 9.53 Å². The Balaban J connectivity index is 1.45. The highest BCUT2D eigenvalue weighted by Gasteiger charge is 2.32. The molecule has 0 spiro atoms. The van der Waals surface area contributed by atoms with Gasteiger partial charge < -0.3 is 19.9 Å². The van der Waals surface area contributed by atoms with E-state index < -0.39 is 0 Å². The molecule has 8 heteroatoms. The predicted octanol–water partition coefficient (Wildman–Crippen LogP) is 3.19. The van der Waals surface area contributed by atoms with Crippen molar-refractivity contribution in [2.24, 2.45) is 0 Å². The first kappa shape index (κ1) is 23.0. The molecule has 0 bridgehead atoms. The zero-order valence-corrected chi connectivity index (χ0v) is 19.8. The molecule has 2 heterocycles. The first-order valence-electron chi connectivity index (χ1n) is 11.4. The summed E-state index contributed by atoms with van der Waals surface area (Å²) < 4.78 is 5.57. The molecule has 172 valence electrons. The predicted molar refractivity (Wildman–Crippen MR) is 126 cm³/mol. The molecule has 1 aliphatic carbocycles. The van der Waals surface area contributed by atoms with Gasteiger partial charge in [0.2, 0.25) is 5.91 Å². The number of piperazine rings is 1. The lowest BCUT2D eigenvalue weighted by molar-refractivity contribution is -0.133. The SMILES string of the molecule is COC1CCc2c1ncnc2N1CCN(C(=O)C(CNC(C)C)c2ccc(Cl)cc2)CC1. The van der Waals surface area contributed by atoms with Gasteiger partial charge in [0.15, 0.2) is 0 Å². The van der Waals surface area contributed by atoms with Gasteiger partial charge in [0.05, 0.1) is 17.7 Å². The lowest BCUT2D eigenvalue weighted by Crippen LogP contribution is -2.51. The lowest BCUT2D eigenvalue weighted by Gasteiger charge is -2.37. The fourth-order valence-electron chi connectivity index (χ4n) is 4.60.